The van der Waals surface area contributed by atoms with E-state index in [0.717, 1.165) is 0 Å². The Hall–Kier alpha value is -1.23. The van der Waals surface area contributed by atoms with Crippen LogP contribution >= 0.6 is 15.9 Å². The lowest BCUT2D eigenvalue weighted by atomic mass is 10.0. The zero-order chi connectivity index (χ0) is 11.0. The molecule has 76 valence electrons. The van der Waals surface area contributed by atoms with Gasteiger partial charge >= 0.3 is 5.97 Å². The summed E-state index contributed by atoms with van der Waals surface area (Å²) in [5.74, 6) is -1.42. The standard InChI is InChI=1S/C9H10BrNO3/c1-3-5(9(13)14)8(12)4(2)6(10)7(3)11/h12H,11H2,1-2H3,(H,13,14). The maximum absolute atomic E-state index is 10.8. The molecule has 4 N–H and O–H groups in total. The van der Waals surface area contributed by atoms with Gasteiger partial charge in [0.15, 0.2) is 0 Å². The molecule has 1 aromatic carbocycles. The van der Waals surface area contributed by atoms with E-state index in [-0.39, 0.29) is 11.3 Å². The summed E-state index contributed by atoms with van der Waals surface area (Å²) < 4.78 is 0.539. The van der Waals surface area contributed by atoms with Crippen molar-refractivity contribution in [2.75, 3.05) is 5.73 Å². The van der Waals surface area contributed by atoms with E-state index in [4.69, 9.17) is 10.8 Å². The molecule has 0 heterocycles. The summed E-state index contributed by atoms with van der Waals surface area (Å²) in [6.07, 6.45) is 0. The Labute approximate surface area is 89.5 Å². The number of aromatic carboxylic acids is 1. The van der Waals surface area contributed by atoms with Crippen LogP contribution in [0.1, 0.15) is 21.5 Å². The van der Waals surface area contributed by atoms with Crippen molar-refractivity contribution in [3.05, 3.63) is 21.2 Å². The molecule has 0 aliphatic carbocycles. The molecular formula is C9H10BrNO3. The summed E-state index contributed by atoms with van der Waals surface area (Å²) in [7, 11) is 0. The number of rotatable bonds is 1. The summed E-state index contributed by atoms with van der Waals surface area (Å²) in [5, 5.41) is 18.4. The topological polar surface area (TPSA) is 83.5 Å². The lowest BCUT2D eigenvalue weighted by Gasteiger charge is -2.12. The average molecular weight is 260 g/mol. The summed E-state index contributed by atoms with van der Waals surface area (Å²) in [5.41, 5.74) is 6.68. The Morgan fingerprint density at radius 3 is 2.29 bits per heavy atom. The SMILES string of the molecule is Cc1c(O)c(C(=O)O)c(C)c(N)c1Br. The van der Waals surface area contributed by atoms with Gasteiger partial charge in [0.25, 0.3) is 0 Å². The van der Waals surface area contributed by atoms with Gasteiger partial charge in [-0.1, -0.05) is 0 Å². The van der Waals surface area contributed by atoms with Gasteiger partial charge in [0.1, 0.15) is 11.3 Å². The van der Waals surface area contributed by atoms with E-state index in [1.54, 1.807) is 13.8 Å². The number of halogens is 1. The van der Waals surface area contributed by atoms with Crippen molar-refractivity contribution in [1.82, 2.24) is 0 Å². The molecule has 4 nitrogen and oxygen atoms in total. The number of carboxylic acid groups (broad SMARTS) is 1. The van der Waals surface area contributed by atoms with Crippen LogP contribution in [0, 0.1) is 13.8 Å². The molecule has 0 aromatic heterocycles. The smallest absolute Gasteiger partial charge is 0.339 e. The molecular weight excluding hydrogens is 250 g/mol. The van der Waals surface area contributed by atoms with Crippen LogP contribution < -0.4 is 5.73 Å². The van der Waals surface area contributed by atoms with Crippen LogP contribution in [0.2, 0.25) is 0 Å². The highest BCUT2D eigenvalue weighted by molar-refractivity contribution is 9.10. The molecule has 0 saturated heterocycles. The number of hydrogen-bond acceptors (Lipinski definition) is 3. The van der Waals surface area contributed by atoms with Crippen molar-refractivity contribution in [3.8, 4) is 5.75 Å². The van der Waals surface area contributed by atoms with Crippen molar-refractivity contribution >= 4 is 27.6 Å². The van der Waals surface area contributed by atoms with Crippen LogP contribution in [-0.2, 0) is 0 Å². The highest BCUT2D eigenvalue weighted by Crippen LogP contribution is 2.37. The van der Waals surface area contributed by atoms with Gasteiger partial charge in [0.05, 0.1) is 5.69 Å². The van der Waals surface area contributed by atoms with Gasteiger partial charge in [0.2, 0.25) is 0 Å². The second-order valence-corrected chi connectivity index (χ2v) is 3.80. The molecule has 0 fully saturated rings. The molecule has 14 heavy (non-hydrogen) atoms. The monoisotopic (exact) mass is 259 g/mol. The summed E-state index contributed by atoms with van der Waals surface area (Å²) >= 11 is 3.19. The number of hydrogen-bond donors (Lipinski definition) is 3. The average Bonchev–Trinajstić information content (AvgIpc) is 2.11. The number of aromatic hydroxyl groups is 1. The van der Waals surface area contributed by atoms with Crippen LogP contribution in [0.15, 0.2) is 4.47 Å². The first-order chi connectivity index (χ1) is 6.37. The first kappa shape index (κ1) is 10.8. The summed E-state index contributed by atoms with van der Waals surface area (Å²) in [4.78, 5) is 10.8. The fourth-order valence-corrected chi connectivity index (χ4v) is 1.72. The minimum absolute atomic E-state index is 0.136. The van der Waals surface area contributed by atoms with E-state index in [1.165, 1.54) is 0 Å². The van der Waals surface area contributed by atoms with Gasteiger partial charge in [-0.3, -0.25) is 0 Å². The van der Waals surface area contributed by atoms with Gasteiger partial charge in [-0.05, 0) is 35.3 Å². The summed E-state index contributed by atoms with van der Waals surface area (Å²) in [6.45, 7) is 3.16. The maximum atomic E-state index is 10.8. The van der Waals surface area contributed by atoms with E-state index >= 15 is 0 Å². The molecule has 0 radical (unpaired) electrons. The largest absolute Gasteiger partial charge is 0.507 e. The van der Waals surface area contributed by atoms with Gasteiger partial charge < -0.3 is 15.9 Å². The molecule has 0 aliphatic heterocycles. The third-order valence-corrected chi connectivity index (χ3v) is 3.17. The number of phenols is 1. The van der Waals surface area contributed by atoms with E-state index < -0.39 is 5.97 Å². The van der Waals surface area contributed by atoms with E-state index in [2.05, 4.69) is 15.9 Å². The lowest BCUT2D eigenvalue weighted by molar-refractivity contribution is 0.0693. The number of anilines is 1. The highest BCUT2D eigenvalue weighted by atomic mass is 79.9. The molecule has 5 heteroatoms. The van der Waals surface area contributed by atoms with Crippen molar-refractivity contribution < 1.29 is 15.0 Å². The first-order valence-corrected chi connectivity index (χ1v) is 4.67. The van der Waals surface area contributed by atoms with Crippen LogP contribution in [0.3, 0.4) is 0 Å². The molecule has 0 bridgehead atoms. The second kappa shape index (κ2) is 3.49. The first-order valence-electron chi connectivity index (χ1n) is 3.88. The Kier molecular flexibility index (Phi) is 2.71. The van der Waals surface area contributed by atoms with Crippen LogP contribution in [0.5, 0.6) is 5.75 Å². The molecule has 0 unspecified atom stereocenters. The number of nitrogen functional groups attached to an aromatic ring is 1. The third-order valence-electron chi connectivity index (χ3n) is 2.15. The Balaban J connectivity index is 3.68. The molecule has 0 saturated carbocycles. The Bertz CT molecular complexity index is 386. The number of benzene rings is 1. The van der Waals surface area contributed by atoms with Crippen LogP contribution in [0.4, 0.5) is 5.69 Å². The van der Waals surface area contributed by atoms with Crippen molar-refractivity contribution in [3.63, 3.8) is 0 Å². The number of carboxylic acids is 1. The van der Waals surface area contributed by atoms with E-state index in [1.807, 2.05) is 0 Å². The molecule has 0 spiro atoms. The highest BCUT2D eigenvalue weighted by Gasteiger charge is 2.20. The minimum Gasteiger partial charge on any atom is -0.507 e. The van der Waals surface area contributed by atoms with Crippen molar-refractivity contribution in [2.45, 2.75) is 13.8 Å². The summed E-state index contributed by atoms with van der Waals surface area (Å²) in [6, 6.07) is 0. The van der Waals surface area contributed by atoms with Crippen LogP contribution in [0.25, 0.3) is 0 Å². The van der Waals surface area contributed by atoms with Gasteiger partial charge in [0, 0.05) is 10.0 Å². The van der Waals surface area contributed by atoms with E-state index in [0.29, 0.717) is 21.3 Å². The zero-order valence-electron chi connectivity index (χ0n) is 7.76. The van der Waals surface area contributed by atoms with Crippen molar-refractivity contribution in [1.29, 1.82) is 0 Å². The normalized spacial score (nSPS) is 10.2. The molecule has 0 amide bonds. The minimum atomic E-state index is -1.18. The molecule has 0 aliphatic rings. The fourth-order valence-electron chi connectivity index (χ4n) is 1.23. The third kappa shape index (κ3) is 1.43. The Morgan fingerprint density at radius 1 is 1.36 bits per heavy atom. The molecule has 0 atom stereocenters. The maximum Gasteiger partial charge on any atom is 0.339 e. The molecule has 1 aromatic rings. The fraction of sp³-hybridized carbons (Fsp3) is 0.222. The van der Waals surface area contributed by atoms with Crippen LogP contribution in [-0.4, -0.2) is 16.2 Å². The van der Waals surface area contributed by atoms with Gasteiger partial charge in [-0.25, -0.2) is 4.79 Å². The van der Waals surface area contributed by atoms with Crippen molar-refractivity contribution in [2.24, 2.45) is 0 Å². The zero-order valence-corrected chi connectivity index (χ0v) is 9.34. The number of nitrogens with two attached hydrogens (primary N) is 1. The predicted molar refractivity (Wildman–Crippen MR) is 56.7 cm³/mol. The van der Waals surface area contributed by atoms with E-state index in [9.17, 15) is 9.90 Å². The Morgan fingerprint density at radius 2 is 1.86 bits per heavy atom. The van der Waals surface area contributed by atoms with Gasteiger partial charge in [-0.15, -0.1) is 0 Å². The quantitative estimate of drug-likeness (QED) is 0.533. The molecule has 1 rings (SSSR count). The van der Waals surface area contributed by atoms with Gasteiger partial charge in [-0.2, -0.15) is 0 Å². The predicted octanol–water partition coefficient (Wildman–Crippen LogP) is 2.05. The second-order valence-electron chi connectivity index (χ2n) is 3.01. The lowest BCUT2D eigenvalue weighted by Crippen LogP contribution is -2.05. The number of carbonyl (C=O) groups is 1.